The topological polar surface area (TPSA) is 497 Å². The first-order chi connectivity index (χ1) is 68.0. The Morgan fingerprint density at radius 1 is 0.272 bits per heavy atom. The number of aliphatic carboxylic acids is 1. The zero-order valence-electron chi connectivity index (χ0n) is 102. The molecule has 0 heterocycles. The summed E-state index contributed by atoms with van der Waals surface area (Å²) >= 11 is 0. The summed E-state index contributed by atoms with van der Waals surface area (Å²) in [6, 6.07) is 3.87. The Bertz CT molecular complexity index is 2680. The number of ether oxygens (including phenoxy) is 6. The van der Waals surface area contributed by atoms with Crippen LogP contribution in [0.1, 0.15) is 330 Å². The Labute approximate surface area is 899 Å². The first kappa shape index (κ1) is 167. The maximum absolute atomic E-state index is 11.8. The lowest BCUT2D eigenvalue weighted by atomic mass is 9.89. The van der Waals surface area contributed by atoms with E-state index in [-0.39, 0.29) is 82.8 Å². The molecule has 0 radical (unpaired) electrons. The molecule has 0 aromatic carbocycles. The number of nitrogens with two attached hydrogens (primary N) is 2. The van der Waals surface area contributed by atoms with E-state index in [4.69, 9.17) is 130 Å². The molecule has 3 amide bonds. The van der Waals surface area contributed by atoms with Crippen LogP contribution in [0.3, 0.4) is 0 Å². The van der Waals surface area contributed by atoms with E-state index in [2.05, 4.69) is 19.2 Å². The number of aliphatic hydroxyl groups excluding tert-OH is 1. The number of carbonyl (C=O) groups excluding carboxylic acids is 9. The highest BCUT2D eigenvalue weighted by Gasteiger charge is 2.43. The van der Waals surface area contributed by atoms with E-state index in [0.717, 1.165) is 83.5 Å². The Balaban J connectivity index is -0.000000138. The van der Waals surface area contributed by atoms with Gasteiger partial charge in [-0.3, -0.25) is 47.9 Å². The second-order valence-electron chi connectivity index (χ2n) is 38.5. The molecule has 39 nitrogen and oxygen atoms in total. The molecule has 0 bridgehead atoms. The average molecular weight is 2240 g/mol. The summed E-state index contributed by atoms with van der Waals surface area (Å²) in [5.74, 6) is -1.38. The largest absolute Gasteiger partial charge is 0.500 e. The minimum atomic E-state index is -2.53. The summed E-state index contributed by atoms with van der Waals surface area (Å²) < 4.78 is 126. The minimum absolute atomic E-state index is 0.0417. The van der Waals surface area contributed by atoms with Crippen molar-refractivity contribution in [2.45, 2.75) is 379 Å². The summed E-state index contributed by atoms with van der Waals surface area (Å²) in [5.41, 5.74) is 7.42. The summed E-state index contributed by atoms with van der Waals surface area (Å²) in [6.07, 6.45) is 14.5. The molecule has 886 valence electrons. The van der Waals surface area contributed by atoms with E-state index in [1.165, 1.54) is 0 Å². The van der Waals surface area contributed by atoms with Gasteiger partial charge in [-0.1, -0.05) is 125 Å². The molecule has 0 saturated heterocycles. The summed E-state index contributed by atoms with van der Waals surface area (Å²) in [7, 11) is 15.0. The molecule has 0 aromatic heterocycles. The van der Waals surface area contributed by atoms with Crippen LogP contribution in [0.5, 0.6) is 0 Å². The first-order valence-corrected chi connectivity index (χ1v) is 63.2. The molecule has 0 saturated carbocycles. The second-order valence-corrected chi connectivity index (χ2v) is 57.0. The summed E-state index contributed by atoms with van der Waals surface area (Å²) in [4.78, 5) is 111. The number of primary amides is 2. The SMILES string of the molecule is CCC(C)(C)C(=O)NCCC[Si](OC)(OC)OC.CCC(C)(C)C(=O)OCCC[Si](OC)(OC)OC.CCC(C)(C)C(=O)OCCC[Si](OC)(OC)OC.CCC(C)(C)C(=O)OCCC[Si](OC)(OC)OC.CCC(C)(C)C(=O)OCCC[Si](OC)(OC)OC.CCC(C)(C)C(=O)OCCC[Si](OC)(OC)OC.CCC(C)C(=O)O.CCC(C)C(C)=O.CCC(C)C(N)=O.CCC(C)C(N)=O.CCC(C)O.CCC(C)OC. The van der Waals surface area contributed by atoms with Gasteiger partial charge in [0, 0.05) is 201 Å². The van der Waals surface area contributed by atoms with Gasteiger partial charge in [-0.25, -0.2) is 0 Å². The molecule has 0 aromatic rings. The zero-order valence-corrected chi connectivity index (χ0v) is 108. The first-order valence-electron chi connectivity index (χ1n) is 51.6. The van der Waals surface area contributed by atoms with Crippen molar-refractivity contribution in [1.82, 2.24) is 5.32 Å². The summed E-state index contributed by atoms with van der Waals surface area (Å²) in [5, 5.41) is 19.5. The van der Waals surface area contributed by atoms with Gasteiger partial charge in [0.1, 0.15) is 5.78 Å². The lowest BCUT2D eigenvalue weighted by molar-refractivity contribution is -0.154. The van der Waals surface area contributed by atoms with Crippen LogP contribution < -0.4 is 16.8 Å². The van der Waals surface area contributed by atoms with Crippen LogP contribution in [-0.4, -0.2) is 309 Å². The van der Waals surface area contributed by atoms with Gasteiger partial charge in [-0.05, 0) is 206 Å². The standard InChI is InChI=1S/C12H27NO4Si.5C12H26O5Si.C6H12O.2C5H11NO.C5H10O2.C5H12O.C4H10O/c1-7-12(2,3)11(14)13-9-8-10-18(15-4,16-5)17-6;5*1-7-12(2,3)11(13)17-9-8-10-18(14-4,15-5)16-6;1-4-5(2)6(3)7;3*1-3-4(2)5(6)7;1-4-5(2)6-3;1-3-4(2)5/h7-10H2,1-6H3,(H,13,14);5*7-10H2,1-6H3;5H,4H2,1-3H3;2*4H,3H2,1-2H3,(H2,6,7);4H,3H2,1-2H3,(H,6,7);5H,4H2,1-3H3;4-5H,3H2,1-2H3. The zero-order chi connectivity index (χ0) is 118. The Kier molecular flexibility index (Phi) is 109. The number of esters is 5. The number of Topliss-reactive ketones (excluding diaryl/α,β-unsaturated/α-hetero) is 1. The van der Waals surface area contributed by atoms with Crippen LogP contribution in [0.4, 0.5) is 0 Å². The Hall–Kier alpha value is -4.60. The van der Waals surface area contributed by atoms with Crippen molar-refractivity contribution in [2.24, 2.45) is 67.6 Å². The van der Waals surface area contributed by atoms with E-state index in [0.29, 0.717) is 120 Å². The monoisotopic (exact) mass is 2230 g/mol. The lowest BCUT2D eigenvalue weighted by Crippen LogP contribution is -2.44. The maximum atomic E-state index is 11.8. The van der Waals surface area contributed by atoms with Gasteiger partial charge in [0.25, 0.3) is 0 Å². The van der Waals surface area contributed by atoms with Crippen LogP contribution in [0.25, 0.3) is 0 Å². The lowest BCUT2D eigenvalue weighted by Gasteiger charge is -2.25. The van der Waals surface area contributed by atoms with Gasteiger partial charge >= 0.3 is 88.6 Å². The Morgan fingerprint density at radius 3 is 0.531 bits per heavy atom. The smallest absolute Gasteiger partial charge is 0.481 e. The van der Waals surface area contributed by atoms with Crippen molar-refractivity contribution in [2.75, 3.05) is 175 Å². The van der Waals surface area contributed by atoms with Gasteiger partial charge < -0.3 is 135 Å². The molecule has 0 aliphatic heterocycles. The van der Waals surface area contributed by atoms with Crippen molar-refractivity contribution in [3.8, 4) is 0 Å². The molecule has 45 heteroatoms. The molecule has 0 aliphatic rings. The molecular weight excluding hydrogens is 2010 g/mol. The number of carbonyl (C=O) groups is 10. The predicted octanol–water partition coefficient (Wildman–Crippen LogP) is 19.0. The number of hydrogen-bond acceptors (Lipinski definition) is 35. The third-order valence-corrected chi connectivity index (χ3v) is 42.6. The van der Waals surface area contributed by atoms with Crippen molar-refractivity contribution in [3.63, 3.8) is 0 Å². The van der Waals surface area contributed by atoms with Crippen molar-refractivity contribution in [3.05, 3.63) is 0 Å². The second kappa shape index (κ2) is 96.0. The average Bonchev–Trinajstić information content (AvgIpc) is 0.890. The maximum Gasteiger partial charge on any atom is 0.500 e. The van der Waals surface area contributed by atoms with Crippen LogP contribution in [0.2, 0.25) is 36.3 Å². The van der Waals surface area contributed by atoms with Crippen LogP contribution >= 0.6 is 0 Å². The number of methoxy groups -OCH3 is 1. The van der Waals surface area contributed by atoms with Gasteiger partial charge in [-0.2, -0.15) is 0 Å². The van der Waals surface area contributed by atoms with E-state index in [9.17, 15) is 47.9 Å². The van der Waals surface area contributed by atoms with E-state index >= 15 is 0 Å². The predicted molar refractivity (Wildman–Crippen MR) is 593 cm³/mol. The summed E-state index contributed by atoms with van der Waals surface area (Å²) in [6.45, 7) is 61.6. The number of amides is 3. The van der Waals surface area contributed by atoms with Crippen molar-refractivity contribution >= 4 is 112 Å². The molecule has 6 atom stereocenters. The fraction of sp³-hybridized carbons (Fsp3) is 0.902. The molecule has 0 aliphatic carbocycles. The van der Waals surface area contributed by atoms with Crippen molar-refractivity contribution in [1.29, 1.82) is 0 Å². The number of aliphatic hydroxyl groups is 1. The van der Waals surface area contributed by atoms with Crippen molar-refractivity contribution < 1.29 is 166 Å². The molecule has 0 fully saturated rings. The van der Waals surface area contributed by atoms with Crippen LogP contribution in [0, 0.1) is 56.2 Å². The molecule has 0 rings (SSSR count). The molecule has 7 N–H and O–H groups in total. The third-order valence-electron chi connectivity index (χ3n) is 25.6. The number of nitrogens with one attached hydrogen (secondary N) is 1. The van der Waals surface area contributed by atoms with Gasteiger partial charge in [-0.15, -0.1) is 0 Å². The third kappa shape index (κ3) is 83.5. The fourth-order valence-electron chi connectivity index (χ4n) is 9.24. The van der Waals surface area contributed by atoms with Gasteiger partial charge in [0.15, 0.2) is 0 Å². The number of rotatable bonds is 65. The minimum Gasteiger partial charge on any atom is -0.481 e. The quantitative estimate of drug-likeness (QED) is 0.0163. The van der Waals surface area contributed by atoms with Crippen LogP contribution in [-0.2, 0) is 156 Å². The molecule has 0 spiro atoms. The van der Waals surface area contributed by atoms with Crippen LogP contribution in [0.15, 0.2) is 0 Å². The molecule has 6 unspecified atom stereocenters. The van der Waals surface area contributed by atoms with E-state index in [1.807, 2.05) is 180 Å². The number of carboxylic acid groups (broad SMARTS) is 1. The van der Waals surface area contributed by atoms with Gasteiger partial charge in [0.05, 0.1) is 78.2 Å². The Morgan fingerprint density at radius 2 is 0.442 bits per heavy atom. The highest BCUT2D eigenvalue weighted by molar-refractivity contribution is 6.62. The van der Waals surface area contributed by atoms with E-state index in [1.54, 1.807) is 156 Å². The normalized spacial score (nSPS) is 12.9. The molecule has 147 heavy (non-hydrogen) atoms. The highest BCUT2D eigenvalue weighted by Crippen LogP contribution is 2.29. The number of ketones is 1. The van der Waals surface area contributed by atoms with E-state index < -0.39 is 85.9 Å². The molecular formula is C102H223N3O36Si6. The fourth-order valence-corrected chi connectivity index (χ4v) is 19.4. The highest BCUT2D eigenvalue weighted by atomic mass is 28.4. The number of hydrogen-bond donors (Lipinski definition) is 5. The number of carboxylic acids is 1. The van der Waals surface area contributed by atoms with Gasteiger partial charge in [0.2, 0.25) is 17.7 Å².